The van der Waals surface area contributed by atoms with Gasteiger partial charge >= 0.3 is 0 Å². The van der Waals surface area contributed by atoms with Gasteiger partial charge in [-0.1, -0.05) is 12.1 Å². The first-order chi connectivity index (χ1) is 14.6. The Morgan fingerprint density at radius 1 is 1.20 bits per heavy atom. The molecule has 0 spiro atoms. The van der Waals surface area contributed by atoms with E-state index in [2.05, 4.69) is 25.1 Å². The fraction of sp³-hybridized carbons (Fsp3) is 0.273. The van der Waals surface area contributed by atoms with E-state index < -0.39 is 0 Å². The number of methoxy groups -OCH3 is 1. The van der Waals surface area contributed by atoms with Gasteiger partial charge in [-0.25, -0.2) is 4.98 Å². The Labute approximate surface area is 174 Å². The third-order valence-corrected chi connectivity index (χ3v) is 4.91. The predicted octanol–water partition coefficient (Wildman–Crippen LogP) is 3.77. The monoisotopic (exact) mass is 404 g/mol. The van der Waals surface area contributed by atoms with Gasteiger partial charge in [-0.05, 0) is 49.6 Å². The lowest BCUT2D eigenvalue weighted by molar-refractivity contribution is 0.102. The normalized spacial score (nSPS) is 11.3. The molecule has 1 N–H and O–H groups in total. The molecule has 8 heteroatoms. The van der Waals surface area contributed by atoms with Crippen molar-refractivity contribution in [2.75, 3.05) is 19.0 Å². The molecule has 0 aliphatic rings. The summed E-state index contributed by atoms with van der Waals surface area (Å²) in [4.78, 5) is 17.4. The summed E-state index contributed by atoms with van der Waals surface area (Å²) in [5, 5.41) is 12.2. The predicted molar refractivity (Wildman–Crippen MR) is 115 cm³/mol. The molecule has 4 rings (SSSR count). The third kappa shape index (κ3) is 3.95. The second kappa shape index (κ2) is 8.46. The molecule has 0 fully saturated rings. The second-order valence-corrected chi connectivity index (χ2v) is 7.29. The molecule has 154 valence electrons. The van der Waals surface area contributed by atoms with E-state index in [9.17, 15) is 4.79 Å². The highest BCUT2D eigenvalue weighted by molar-refractivity contribution is 6.04. The van der Waals surface area contributed by atoms with Gasteiger partial charge in [0.1, 0.15) is 17.7 Å². The fourth-order valence-corrected chi connectivity index (χ4v) is 3.33. The molecule has 0 aliphatic heterocycles. The zero-order valence-electron chi connectivity index (χ0n) is 17.2. The van der Waals surface area contributed by atoms with Crippen LogP contribution in [0, 0.1) is 0 Å². The van der Waals surface area contributed by atoms with Gasteiger partial charge < -0.3 is 19.2 Å². The van der Waals surface area contributed by atoms with Gasteiger partial charge in [0.25, 0.3) is 5.91 Å². The summed E-state index contributed by atoms with van der Waals surface area (Å²) in [7, 11) is 1.68. The van der Waals surface area contributed by atoms with Gasteiger partial charge in [0.2, 0.25) is 0 Å². The highest BCUT2D eigenvalue weighted by Gasteiger charge is 2.15. The Morgan fingerprint density at radius 2 is 2.07 bits per heavy atom. The van der Waals surface area contributed by atoms with Crippen LogP contribution in [-0.4, -0.2) is 43.9 Å². The van der Waals surface area contributed by atoms with Crippen LogP contribution >= 0.6 is 0 Å². The van der Waals surface area contributed by atoms with Crippen molar-refractivity contribution in [3.63, 3.8) is 0 Å². The molecule has 8 nitrogen and oxygen atoms in total. The lowest BCUT2D eigenvalue weighted by Crippen LogP contribution is -2.14. The van der Waals surface area contributed by atoms with Crippen molar-refractivity contribution in [3.05, 3.63) is 60.7 Å². The number of carbonyl (C=O) groups excluding carboxylic acids is 1. The Balaban J connectivity index is 1.58. The second-order valence-electron chi connectivity index (χ2n) is 7.29. The van der Waals surface area contributed by atoms with Gasteiger partial charge in [-0.15, -0.1) is 10.2 Å². The minimum absolute atomic E-state index is 0.190. The smallest absolute Gasteiger partial charge is 0.274 e. The fourth-order valence-electron chi connectivity index (χ4n) is 3.33. The molecular formula is C22H24N6O2. The summed E-state index contributed by atoms with van der Waals surface area (Å²) in [6.45, 7) is 5.46. The number of nitrogens with zero attached hydrogens (tertiary/aromatic N) is 5. The molecule has 1 amide bonds. The van der Waals surface area contributed by atoms with E-state index in [0.29, 0.717) is 29.5 Å². The Kier molecular flexibility index (Phi) is 5.58. The van der Waals surface area contributed by atoms with E-state index in [0.717, 1.165) is 17.4 Å². The van der Waals surface area contributed by atoms with E-state index >= 15 is 0 Å². The summed E-state index contributed by atoms with van der Waals surface area (Å²) in [6.07, 6.45) is 3.69. The summed E-state index contributed by atoms with van der Waals surface area (Å²) in [5.74, 6) is 0.360. The summed E-state index contributed by atoms with van der Waals surface area (Å²) in [6, 6.07) is 13.4. The molecule has 1 aromatic carbocycles. The van der Waals surface area contributed by atoms with E-state index in [1.807, 2.05) is 54.9 Å². The standard InChI is InChI=1S/C22H24N6O2/c1-15(2)28-14-23-26-21(28)18-5-4-6-19(25-18)22(29)24-17-8-7-16-9-10-27(11-12-30-3)20(16)13-17/h4-10,13-15H,11-12H2,1-3H3,(H,24,29). The molecule has 0 aliphatic carbocycles. The molecule has 30 heavy (non-hydrogen) atoms. The average molecular weight is 404 g/mol. The van der Waals surface area contributed by atoms with Gasteiger partial charge in [0, 0.05) is 31.6 Å². The quantitative estimate of drug-likeness (QED) is 0.507. The van der Waals surface area contributed by atoms with Crippen LogP contribution < -0.4 is 5.32 Å². The maximum atomic E-state index is 12.8. The number of pyridine rings is 1. The van der Waals surface area contributed by atoms with Crippen molar-refractivity contribution in [2.45, 2.75) is 26.4 Å². The number of carbonyl (C=O) groups is 1. The lowest BCUT2D eigenvalue weighted by Gasteiger charge is -2.11. The maximum Gasteiger partial charge on any atom is 0.274 e. The van der Waals surface area contributed by atoms with Crippen molar-refractivity contribution in [1.82, 2.24) is 24.3 Å². The van der Waals surface area contributed by atoms with Crippen LogP contribution in [0.25, 0.3) is 22.4 Å². The van der Waals surface area contributed by atoms with E-state index in [1.54, 1.807) is 25.6 Å². The van der Waals surface area contributed by atoms with Crippen LogP contribution in [0.1, 0.15) is 30.4 Å². The van der Waals surface area contributed by atoms with Gasteiger partial charge in [0.15, 0.2) is 5.82 Å². The Morgan fingerprint density at radius 3 is 2.87 bits per heavy atom. The number of rotatable bonds is 7. The molecule has 0 saturated carbocycles. The number of hydrogen-bond donors (Lipinski definition) is 1. The van der Waals surface area contributed by atoms with E-state index in [-0.39, 0.29) is 11.9 Å². The molecule has 0 bridgehead atoms. The van der Waals surface area contributed by atoms with E-state index in [4.69, 9.17) is 4.74 Å². The van der Waals surface area contributed by atoms with Crippen LogP contribution in [0.3, 0.4) is 0 Å². The average Bonchev–Trinajstić information content (AvgIpc) is 3.39. The summed E-state index contributed by atoms with van der Waals surface area (Å²) in [5.41, 5.74) is 2.68. The molecule has 4 aromatic rings. The number of nitrogens with one attached hydrogen (secondary N) is 1. The number of benzene rings is 1. The highest BCUT2D eigenvalue weighted by Crippen LogP contribution is 2.22. The highest BCUT2D eigenvalue weighted by atomic mass is 16.5. The Hall–Kier alpha value is -3.52. The van der Waals surface area contributed by atoms with Gasteiger partial charge in [-0.3, -0.25) is 4.79 Å². The number of amides is 1. The molecule has 3 heterocycles. The minimum atomic E-state index is -0.276. The van der Waals surface area contributed by atoms with Crippen molar-refractivity contribution >= 4 is 22.5 Å². The van der Waals surface area contributed by atoms with Crippen molar-refractivity contribution < 1.29 is 9.53 Å². The number of aromatic nitrogens is 5. The zero-order valence-corrected chi connectivity index (χ0v) is 17.2. The first-order valence-electron chi connectivity index (χ1n) is 9.83. The molecular weight excluding hydrogens is 380 g/mol. The van der Waals surface area contributed by atoms with Crippen LogP contribution in [0.2, 0.25) is 0 Å². The minimum Gasteiger partial charge on any atom is -0.383 e. The topological polar surface area (TPSA) is 86.9 Å². The van der Waals surface area contributed by atoms with Crippen LogP contribution in [-0.2, 0) is 11.3 Å². The van der Waals surface area contributed by atoms with Crippen molar-refractivity contribution in [1.29, 1.82) is 0 Å². The lowest BCUT2D eigenvalue weighted by atomic mass is 10.2. The number of fused-ring (bicyclic) bond motifs is 1. The third-order valence-electron chi connectivity index (χ3n) is 4.91. The SMILES string of the molecule is COCCn1ccc2ccc(NC(=O)c3cccc(-c4nncn4C(C)C)n3)cc21. The molecule has 3 aromatic heterocycles. The molecule has 0 radical (unpaired) electrons. The maximum absolute atomic E-state index is 12.8. The summed E-state index contributed by atoms with van der Waals surface area (Å²) >= 11 is 0. The number of anilines is 1. The first kappa shape index (κ1) is 19.8. The van der Waals surface area contributed by atoms with Crippen LogP contribution in [0.15, 0.2) is 55.0 Å². The Bertz CT molecular complexity index is 1180. The van der Waals surface area contributed by atoms with Crippen molar-refractivity contribution in [3.8, 4) is 11.5 Å². The van der Waals surface area contributed by atoms with Crippen molar-refractivity contribution in [2.24, 2.45) is 0 Å². The number of hydrogen-bond acceptors (Lipinski definition) is 5. The van der Waals surface area contributed by atoms with Gasteiger partial charge in [-0.2, -0.15) is 0 Å². The van der Waals surface area contributed by atoms with Gasteiger partial charge in [0.05, 0.1) is 12.1 Å². The molecule has 0 atom stereocenters. The first-order valence-corrected chi connectivity index (χ1v) is 9.83. The van der Waals surface area contributed by atoms with Crippen LogP contribution in [0.5, 0.6) is 0 Å². The number of ether oxygens (including phenoxy) is 1. The molecule has 0 saturated heterocycles. The molecule has 0 unspecified atom stereocenters. The zero-order chi connectivity index (χ0) is 21.1. The van der Waals surface area contributed by atoms with Crippen LogP contribution in [0.4, 0.5) is 5.69 Å². The summed E-state index contributed by atoms with van der Waals surface area (Å²) < 4.78 is 9.20. The largest absolute Gasteiger partial charge is 0.383 e. The van der Waals surface area contributed by atoms with E-state index in [1.165, 1.54) is 0 Å².